The molecule has 6 nitrogen and oxygen atoms in total. The molecule has 0 unspecified atom stereocenters. The summed E-state index contributed by atoms with van der Waals surface area (Å²) >= 11 is 0. The molecule has 118 valence electrons. The predicted octanol–water partition coefficient (Wildman–Crippen LogP) is 1.14. The average Bonchev–Trinajstić information content (AvgIpc) is 2.46. The number of amides is 2. The van der Waals surface area contributed by atoms with Gasteiger partial charge in [0, 0.05) is 25.8 Å². The SMILES string of the molecule is CN1CCN(c2ccc(CC(C)(C)C(=O)O)cc2)C(=O)C1=O. The van der Waals surface area contributed by atoms with Crippen LogP contribution in [0.1, 0.15) is 19.4 Å². The highest BCUT2D eigenvalue weighted by atomic mass is 16.4. The van der Waals surface area contributed by atoms with Crippen molar-refractivity contribution in [1.82, 2.24) is 4.90 Å². The fraction of sp³-hybridized carbons (Fsp3) is 0.438. The molecule has 1 heterocycles. The highest BCUT2D eigenvalue weighted by Crippen LogP contribution is 2.24. The van der Waals surface area contributed by atoms with Gasteiger partial charge in [-0.3, -0.25) is 14.4 Å². The third-order valence-electron chi connectivity index (χ3n) is 3.91. The third-order valence-corrected chi connectivity index (χ3v) is 3.91. The Balaban J connectivity index is 2.14. The van der Waals surface area contributed by atoms with Crippen molar-refractivity contribution in [3.05, 3.63) is 29.8 Å². The van der Waals surface area contributed by atoms with Gasteiger partial charge in [-0.05, 0) is 38.0 Å². The minimum Gasteiger partial charge on any atom is -0.481 e. The Labute approximate surface area is 129 Å². The maximum absolute atomic E-state index is 12.0. The molecule has 0 saturated carbocycles. The van der Waals surface area contributed by atoms with E-state index in [1.165, 1.54) is 9.80 Å². The Morgan fingerprint density at radius 3 is 2.27 bits per heavy atom. The molecule has 0 radical (unpaired) electrons. The minimum atomic E-state index is -0.851. The van der Waals surface area contributed by atoms with Gasteiger partial charge in [-0.2, -0.15) is 0 Å². The summed E-state index contributed by atoms with van der Waals surface area (Å²) in [6.07, 6.45) is 0.401. The van der Waals surface area contributed by atoms with Crippen molar-refractivity contribution in [1.29, 1.82) is 0 Å². The molecule has 1 N–H and O–H groups in total. The summed E-state index contributed by atoms with van der Waals surface area (Å²) < 4.78 is 0. The average molecular weight is 304 g/mol. The van der Waals surface area contributed by atoms with E-state index < -0.39 is 23.2 Å². The van der Waals surface area contributed by atoms with Crippen LogP contribution in [0.25, 0.3) is 0 Å². The van der Waals surface area contributed by atoms with Crippen molar-refractivity contribution in [2.75, 3.05) is 25.0 Å². The summed E-state index contributed by atoms with van der Waals surface area (Å²) in [5, 5.41) is 9.15. The van der Waals surface area contributed by atoms with Crippen LogP contribution in [0.2, 0.25) is 0 Å². The Morgan fingerprint density at radius 2 is 1.73 bits per heavy atom. The fourth-order valence-corrected chi connectivity index (χ4v) is 2.36. The second-order valence-corrected chi connectivity index (χ2v) is 6.22. The zero-order chi connectivity index (χ0) is 16.5. The Hall–Kier alpha value is -2.37. The van der Waals surface area contributed by atoms with Crippen molar-refractivity contribution in [3.63, 3.8) is 0 Å². The van der Waals surface area contributed by atoms with Gasteiger partial charge in [0.05, 0.1) is 5.41 Å². The van der Waals surface area contributed by atoms with E-state index >= 15 is 0 Å². The summed E-state index contributed by atoms with van der Waals surface area (Å²) in [4.78, 5) is 37.7. The van der Waals surface area contributed by atoms with Gasteiger partial charge >= 0.3 is 17.8 Å². The molecule has 1 fully saturated rings. The first kappa shape index (κ1) is 16.0. The van der Waals surface area contributed by atoms with E-state index in [1.807, 2.05) is 0 Å². The summed E-state index contributed by atoms with van der Waals surface area (Å²) in [5.41, 5.74) is 0.689. The smallest absolute Gasteiger partial charge is 0.316 e. The van der Waals surface area contributed by atoms with Gasteiger partial charge in [0.25, 0.3) is 0 Å². The number of nitrogens with zero attached hydrogens (tertiary/aromatic N) is 2. The molecule has 0 aromatic heterocycles. The van der Waals surface area contributed by atoms with E-state index in [4.69, 9.17) is 5.11 Å². The molecule has 0 spiro atoms. The van der Waals surface area contributed by atoms with Gasteiger partial charge in [-0.1, -0.05) is 12.1 Å². The number of likely N-dealkylation sites (N-methyl/N-ethyl adjacent to an activating group) is 1. The predicted molar refractivity (Wildman–Crippen MR) is 81.6 cm³/mol. The number of carboxylic acid groups (broad SMARTS) is 1. The summed E-state index contributed by atoms with van der Waals surface area (Å²) in [5.74, 6) is -1.90. The first-order valence-electron chi connectivity index (χ1n) is 7.11. The molecule has 1 aromatic carbocycles. The molecule has 6 heteroatoms. The molecular formula is C16H20N2O4. The van der Waals surface area contributed by atoms with Gasteiger partial charge in [-0.15, -0.1) is 0 Å². The number of hydrogen-bond donors (Lipinski definition) is 1. The third kappa shape index (κ3) is 3.10. The summed E-state index contributed by atoms with van der Waals surface area (Å²) in [6.45, 7) is 4.30. The van der Waals surface area contributed by atoms with Crippen LogP contribution < -0.4 is 4.90 Å². The standard InChI is InChI=1S/C16H20N2O4/c1-16(2,15(21)22)10-11-4-6-12(7-5-11)18-9-8-17(3)13(19)14(18)20/h4-7H,8-10H2,1-3H3,(H,21,22). The largest absolute Gasteiger partial charge is 0.481 e. The van der Waals surface area contributed by atoms with Gasteiger partial charge in [0.1, 0.15) is 0 Å². The number of aliphatic carboxylic acids is 1. The summed E-state index contributed by atoms with van der Waals surface area (Å²) in [7, 11) is 1.61. The zero-order valence-electron chi connectivity index (χ0n) is 13.0. The van der Waals surface area contributed by atoms with Gasteiger partial charge in [0.15, 0.2) is 0 Å². The van der Waals surface area contributed by atoms with Crippen LogP contribution in [0, 0.1) is 5.41 Å². The molecular weight excluding hydrogens is 284 g/mol. The van der Waals surface area contributed by atoms with E-state index in [1.54, 1.807) is 45.2 Å². The Morgan fingerprint density at radius 1 is 1.14 bits per heavy atom. The normalized spacial score (nSPS) is 16.1. The topological polar surface area (TPSA) is 77.9 Å². The Bertz CT molecular complexity index is 607. The monoisotopic (exact) mass is 304 g/mol. The van der Waals surface area contributed by atoms with Crippen molar-refractivity contribution in [3.8, 4) is 0 Å². The number of carbonyl (C=O) groups is 3. The molecule has 0 aliphatic carbocycles. The van der Waals surface area contributed by atoms with Crippen molar-refractivity contribution in [2.24, 2.45) is 5.41 Å². The van der Waals surface area contributed by atoms with Gasteiger partial charge < -0.3 is 14.9 Å². The molecule has 0 atom stereocenters. The van der Waals surface area contributed by atoms with E-state index in [9.17, 15) is 14.4 Å². The fourth-order valence-electron chi connectivity index (χ4n) is 2.36. The van der Waals surface area contributed by atoms with E-state index in [0.29, 0.717) is 25.2 Å². The molecule has 1 saturated heterocycles. The van der Waals surface area contributed by atoms with Crippen LogP contribution in [-0.4, -0.2) is 47.9 Å². The van der Waals surface area contributed by atoms with Crippen molar-refractivity contribution < 1.29 is 19.5 Å². The number of carboxylic acids is 1. The van der Waals surface area contributed by atoms with Crippen molar-refractivity contribution in [2.45, 2.75) is 20.3 Å². The second kappa shape index (κ2) is 5.79. The molecule has 2 amide bonds. The number of carbonyl (C=O) groups excluding carboxylic acids is 2. The van der Waals surface area contributed by atoms with Gasteiger partial charge in [0.2, 0.25) is 0 Å². The Kier molecular flexibility index (Phi) is 4.21. The van der Waals surface area contributed by atoms with Crippen LogP contribution in [0.3, 0.4) is 0 Å². The molecule has 0 bridgehead atoms. The highest BCUT2D eigenvalue weighted by Gasteiger charge is 2.31. The number of rotatable bonds is 4. The number of benzene rings is 1. The van der Waals surface area contributed by atoms with E-state index in [0.717, 1.165) is 5.56 Å². The first-order chi connectivity index (χ1) is 10.2. The minimum absolute atomic E-state index is 0.401. The van der Waals surface area contributed by atoms with Crippen LogP contribution in [0.5, 0.6) is 0 Å². The van der Waals surface area contributed by atoms with Crippen LogP contribution in [0.15, 0.2) is 24.3 Å². The molecule has 1 aliphatic rings. The lowest BCUT2D eigenvalue weighted by molar-refractivity contribution is -0.146. The maximum Gasteiger partial charge on any atom is 0.316 e. The van der Waals surface area contributed by atoms with E-state index in [2.05, 4.69) is 0 Å². The number of anilines is 1. The lowest BCUT2D eigenvalue weighted by Crippen LogP contribution is -2.53. The highest BCUT2D eigenvalue weighted by molar-refractivity contribution is 6.40. The van der Waals surface area contributed by atoms with Crippen molar-refractivity contribution >= 4 is 23.5 Å². The number of hydrogen-bond acceptors (Lipinski definition) is 3. The van der Waals surface area contributed by atoms with Crippen LogP contribution in [-0.2, 0) is 20.8 Å². The molecule has 22 heavy (non-hydrogen) atoms. The molecule has 1 aromatic rings. The molecule has 2 rings (SSSR count). The van der Waals surface area contributed by atoms with Crippen LogP contribution in [0.4, 0.5) is 5.69 Å². The second-order valence-electron chi connectivity index (χ2n) is 6.22. The van der Waals surface area contributed by atoms with Gasteiger partial charge in [-0.25, -0.2) is 0 Å². The molecule has 1 aliphatic heterocycles. The number of piperazine rings is 1. The lowest BCUT2D eigenvalue weighted by atomic mass is 9.86. The summed E-state index contributed by atoms with van der Waals surface area (Å²) in [6, 6.07) is 7.11. The lowest BCUT2D eigenvalue weighted by Gasteiger charge is -2.31. The zero-order valence-corrected chi connectivity index (χ0v) is 13.0. The van der Waals surface area contributed by atoms with E-state index in [-0.39, 0.29) is 0 Å². The quantitative estimate of drug-likeness (QED) is 0.846. The maximum atomic E-state index is 12.0. The first-order valence-corrected chi connectivity index (χ1v) is 7.11. The van der Waals surface area contributed by atoms with Crippen LogP contribution >= 0.6 is 0 Å².